The second-order valence-corrected chi connectivity index (χ2v) is 3.90. The highest BCUT2D eigenvalue weighted by molar-refractivity contribution is 5.93. The van der Waals surface area contributed by atoms with Gasteiger partial charge in [-0.05, 0) is 32.0 Å². The first-order valence-corrected chi connectivity index (χ1v) is 5.91. The summed E-state index contributed by atoms with van der Waals surface area (Å²) in [7, 11) is 1.27. The Morgan fingerprint density at radius 2 is 2.11 bits per heavy atom. The second-order valence-electron chi connectivity index (χ2n) is 3.90. The minimum absolute atomic E-state index is 0.193. The number of hydrogen-bond donors (Lipinski definition) is 2. The number of amides is 1. The number of anilines is 1. The van der Waals surface area contributed by atoms with Crippen molar-refractivity contribution >= 4 is 17.6 Å². The number of hydrogen-bond acceptors (Lipinski definition) is 5. The van der Waals surface area contributed by atoms with E-state index in [-0.39, 0.29) is 17.2 Å². The number of benzene rings is 1. The summed E-state index contributed by atoms with van der Waals surface area (Å²) < 4.78 is 10.1. The minimum atomic E-state index is -0.716. The van der Waals surface area contributed by atoms with Gasteiger partial charge in [0.15, 0.2) is 6.10 Å². The van der Waals surface area contributed by atoms with Gasteiger partial charge < -0.3 is 20.5 Å². The molecule has 0 aromatic heterocycles. The number of rotatable bonds is 5. The van der Waals surface area contributed by atoms with Crippen LogP contribution in [0.1, 0.15) is 24.2 Å². The lowest BCUT2D eigenvalue weighted by atomic mass is 10.1. The molecule has 0 radical (unpaired) electrons. The van der Waals surface area contributed by atoms with Gasteiger partial charge in [0.05, 0.1) is 7.11 Å². The van der Waals surface area contributed by atoms with Gasteiger partial charge in [0.2, 0.25) is 0 Å². The molecule has 0 aliphatic rings. The summed E-state index contributed by atoms with van der Waals surface area (Å²) in [6.45, 7) is 3.92. The summed E-state index contributed by atoms with van der Waals surface area (Å²) in [5.74, 6) is -0.555. The van der Waals surface area contributed by atoms with E-state index in [0.717, 1.165) is 0 Å². The number of likely N-dealkylation sites (N-methyl/N-ethyl adjacent to an activating group) is 1. The molecule has 6 nitrogen and oxygen atoms in total. The third kappa shape index (κ3) is 3.87. The Hall–Kier alpha value is -2.24. The number of nitrogens with two attached hydrogens (primary N) is 1. The van der Waals surface area contributed by atoms with Crippen LogP contribution in [0, 0.1) is 0 Å². The highest BCUT2D eigenvalue weighted by Crippen LogP contribution is 2.23. The number of esters is 1. The van der Waals surface area contributed by atoms with Crippen LogP contribution >= 0.6 is 0 Å². The lowest BCUT2D eigenvalue weighted by Crippen LogP contribution is -2.36. The van der Waals surface area contributed by atoms with E-state index in [1.165, 1.54) is 19.2 Å². The third-order valence-electron chi connectivity index (χ3n) is 2.43. The molecule has 0 saturated carbocycles. The van der Waals surface area contributed by atoms with Crippen molar-refractivity contribution in [2.45, 2.75) is 20.0 Å². The van der Waals surface area contributed by atoms with Crippen LogP contribution in [0.4, 0.5) is 5.69 Å². The first-order valence-electron chi connectivity index (χ1n) is 5.91. The Morgan fingerprint density at radius 1 is 1.42 bits per heavy atom. The van der Waals surface area contributed by atoms with Crippen LogP contribution in [0.3, 0.4) is 0 Å². The number of methoxy groups -OCH3 is 1. The fraction of sp³-hybridized carbons (Fsp3) is 0.385. The predicted octanol–water partition coefficient (Wildman–Crippen LogP) is 0.959. The zero-order valence-corrected chi connectivity index (χ0v) is 11.2. The molecule has 1 atom stereocenters. The number of nitrogens with one attached hydrogen (secondary N) is 1. The molecule has 19 heavy (non-hydrogen) atoms. The maximum absolute atomic E-state index is 11.6. The van der Waals surface area contributed by atoms with Gasteiger partial charge in [0.1, 0.15) is 11.3 Å². The van der Waals surface area contributed by atoms with Crippen LogP contribution in [0.5, 0.6) is 5.75 Å². The van der Waals surface area contributed by atoms with Gasteiger partial charge in [0.25, 0.3) is 5.91 Å². The Labute approximate surface area is 111 Å². The zero-order chi connectivity index (χ0) is 14.4. The summed E-state index contributed by atoms with van der Waals surface area (Å²) in [5.41, 5.74) is 6.22. The number of carbonyl (C=O) groups is 2. The fourth-order valence-electron chi connectivity index (χ4n) is 1.48. The van der Waals surface area contributed by atoms with Crippen molar-refractivity contribution in [1.29, 1.82) is 0 Å². The van der Waals surface area contributed by atoms with Gasteiger partial charge >= 0.3 is 5.97 Å². The molecule has 6 heteroatoms. The molecule has 1 rings (SSSR count). The van der Waals surface area contributed by atoms with E-state index < -0.39 is 12.1 Å². The lowest BCUT2D eigenvalue weighted by Gasteiger charge is -2.16. The van der Waals surface area contributed by atoms with Crippen molar-refractivity contribution in [2.24, 2.45) is 0 Å². The normalized spacial score (nSPS) is 11.5. The van der Waals surface area contributed by atoms with Crippen molar-refractivity contribution in [3.63, 3.8) is 0 Å². The largest absolute Gasteiger partial charge is 0.480 e. The molecule has 104 valence electrons. The average Bonchev–Trinajstić information content (AvgIpc) is 2.40. The van der Waals surface area contributed by atoms with Gasteiger partial charge in [-0.15, -0.1) is 0 Å². The van der Waals surface area contributed by atoms with E-state index >= 15 is 0 Å². The van der Waals surface area contributed by atoms with E-state index in [1.807, 2.05) is 6.92 Å². The molecule has 3 N–H and O–H groups in total. The maximum Gasteiger partial charge on any atom is 0.341 e. The number of nitrogen functional groups attached to an aromatic ring is 1. The standard InChI is InChI=1S/C13H18N2O4/c1-4-15-12(16)8(2)19-11-6-5-9(14)7-10(11)13(17)18-3/h5-8H,4,14H2,1-3H3,(H,15,16). The molecule has 0 heterocycles. The third-order valence-corrected chi connectivity index (χ3v) is 2.43. The van der Waals surface area contributed by atoms with Crippen LogP contribution < -0.4 is 15.8 Å². The number of carbonyl (C=O) groups excluding carboxylic acids is 2. The van der Waals surface area contributed by atoms with Crippen molar-refractivity contribution in [3.05, 3.63) is 23.8 Å². The summed E-state index contributed by atoms with van der Waals surface area (Å²) >= 11 is 0. The van der Waals surface area contributed by atoms with Crippen LogP contribution in [0.2, 0.25) is 0 Å². The first kappa shape index (κ1) is 14.8. The molecular formula is C13H18N2O4. The Bertz CT molecular complexity index is 474. The molecular weight excluding hydrogens is 248 g/mol. The van der Waals surface area contributed by atoms with Crippen LogP contribution in [0.25, 0.3) is 0 Å². The Balaban J connectivity index is 2.94. The molecule has 0 spiro atoms. The molecule has 1 unspecified atom stereocenters. The SMILES string of the molecule is CCNC(=O)C(C)Oc1ccc(N)cc1C(=O)OC. The van der Waals surface area contributed by atoms with Crippen molar-refractivity contribution in [2.75, 3.05) is 19.4 Å². The second kappa shape index (κ2) is 6.63. The van der Waals surface area contributed by atoms with Gasteiger partial charge in [-0.3, -0.25) is 4.79 Å². The quantitative estimate of drug-likeness (QED) is 0.612. The van der Waals surface area contributed by atoms with E-state index in [4.69, 9.17) is 10.5 Å². The Kier molecular flexibility index (Phi) is 5.17. The molecule has 0 aliphatic carbocycles. The van der Waals surface area contributed by atoms with E-state index in [2.05, 4.69) is 10.1 Å². The van der Waals surface area contributed by atoms with E-state index in [1.54, 1.807) is 13.0 Å². The number of ether oxygens (including phenoxy) is 2. The smallest absolute Gasteiger partial charge is 0.341 e. The molecule has 1 amide bonds. The average molecular weight is 266 g/mol. The van der Waals surface area contributed by atoms with E-state index in [0.29, 0.717) is 12.2 Å². The fourth-order valence-corrected chi connectivity index (χ4v) is 1.48. The van der Waals surface area contributed by atoms with Crippen molar-refractivity contribution in [3.8, 4) is 5.75 Å². The highest BCUT2D eigenvalue weighted by Gasteiger charge is 2.19. The van der Waals surface area contributed by atoms with Gasteiger partial charge in [-0.2, -0.15) is 0 Å². The minimum Gasteiger partial charge on any atom is -0.480 e. The van der Waals surface area contributed by atoms with Crippen molar-refractivity contribution in [1.82, 2.24) is 5.32 Å². The van der Waals surface area contributed by atoms with E-state index in [9.17, 15) is 9.59 Å². The summed E-state index contributed by atoms with van der Waals surface area (Å²) in [4.78, 5) is 23.2. The Morgan fingerprint density at radius 3 is 2.68 bits per heavy atom. The summed E-state index contributed by atoms with van der Waals surface area (Å²) in [6.07, 6.45) is -0.716. The van der Waals surface area contributed by atoms with Crippen LogP contribution in [-0.2, 0) is 9.53 Å². The van der Waals surface area contributed by atoms with Crippen molar-refractivity contribution < 1.29 is 19.1 Å². The molecule has 0 fully saturated rings. The summed E-state index contributed by atoms with van der Waals surface area (Å²) in [6, 6.07) is 4.58. The molecule has 0 saturated heterocycles. The maximum atomic E-state index is 11.6. The topological polar surface area (TPSA) is 90.6 Å². The summed E-state index contributed by atoms with van der Waals surface area (Å²) in [5, 5.41) is 2.63. The van der Waals surface area contributed by atoms with Gasteiger partial charge in [0, 0.05) is 12.2 Å². The zero-order valence-electron chi connectivity index (χ0n) is 11.2. The first-order chi connectivity index (χ1) is 8.99. The monoisotopic (exact) mass is 266 g/mol. The van der Waals surface area contributed by atoms with Gasteiger partial charge in [-0.25, -0.2) is 4.79 Å². The molecule has 0 aliphatic heterocycles. The lowest BCUT2D eigenvalue weighted by molar-refractivity contribution is -0.127. The predicted molar refractivity (Wildman–Crippen MR) is 71.0 cm³/mol. The van der Waals surface area contributed by atoms with Gasteiger partial charge in [-0.1, -0.05) is 0 Å². The molecule has 1 aromatic carbocycles. The van der Waals surface area contributed by atoms with Crippen LogP contribution in [0.15, 0.2) is 18.2 Å². The molecule has 0 bridgehead atoms. The molecule has 1 aromatic rings. The highest BCUT2D eigenvalue weighted by atomic mass is 16.5. The van der Waals surface area contributed by atoms with Crippen LogP contribution in [-0.4, -0.2) is 31.6 Å².